The van der Waals surface area contributed by atoms with Crippen molar-refractivity contribution < 1.29 is 9.46 Å². The van der Waals surface area contributed by atoms with Crippen LogP contribution in [0.25, 0.3) is 0 Å². The average Bonchev–Trinajstić information content (AvgIpc) is 1.35. The molecule has 0 aromatic carbocycles. The third kappa shape index (κ3) is 3.93. The third-order valence-corrected chi connectivity index (χ3v) is 0.928. The van der Waals surface area contributed by atoms with E-state index in [1.54, 1.807) is 13.0 Å². The fourth-order valence-electron chi connectivity index (χ4n) is 0.143. The molecule has 0 saturated heterocycles. The van der Waals surface area contributed by atoms with Crippen LogP contribution in [0.2, 0.25) is 0 Å². The minimum atomic E-state index is -2.32. The first-order chi connectivity index (χ1) is 2.77. The second-order valence-electron chi connectivity index (χ2n) is 0.838. The molecule has 0 radical (unpaired) electrons. The van der Waals surface area contributed by atoms with E-state index in [9.17, 15) is 4.57 Å². The fourth-order valence-corrected chi connectivity index (χ4v) is 0.428. The highest BCUT2D eigenvalue weighted by atomic mass is 31.1. The van der Waals surface area contributed by atoms with Crippen LogP contribution in [0.1, 0.15) is 6.92 Å². The lowest BCUT2D eigenvalue weighted by atomic mass is 10.8. The largest absolute Gasteiger partial charge is 0.344 e. The molecule has 0 saturated carbocycles. The average molecular weight is 106 g/mol. The first-order valence-corrected chi connectivity index (χ1v) is 3.06. The highest BCUT2D eigenvalue weighted by Crippen LogP contribution is 2.12. The molecule has 3 heteroatoms. The standard InChI is InChI=1S/C3H7O2P/c1-2-3-6(4)5/h2-3,6H,1H3,(H,4,5)/b3-2+. The molecule has 0 aliphatic heterocycles. The Bertz CT molecular complexity index is 76.9. The van der Waals surface area contributed by atoms with Crippen LogP contribution in [0.5, 0.6) is 0 Å². The first-order valence-electron chi connectivity index (χ1n) is 1.63. The molecule has 1 atom stereocenters. The zero-order valence-corrected chi connectivity index (χ0v) is 4.51. The zero-order valence-electron chi connectivity index (χ0n) is 3.51. The lowest BCUT2D eigenvalue weighted by Crippen LogP contribution is -1.41. The van der Waals surface area contributed by atoms with Gasteiger partial charge in [-0.15, -0.1) is 0 Å². The van der Waals surface area contributed by atoms with Gasteiger partial charge in [-0.1, -0.05) is 6.08 Å². The van der Waals surface area contributed by atoms with Crippen LogP contribution in [-0.4, -0.2) is 4.89 Å². The van der Waals surface area contributed by atoms with Gasteiger partial charge in [0.15, 0.2) is 0 Å². The predicted molar refractivity (Wildman–Crippen MR) is 26.0 cm³/mol. The minimum absolute atomic E-state index is 1.27. The van der Waals surface area contributed by atoms with Crippen molar-refractivity contribution in [3.63, 3.8) is 0 Å². The smallest absolute Gasteiger partial charge is 0.210 e. The van der Waals surface area contributed by atoms with E-state index in [0.29, 0.717) is 0 Å². The molecule has 1 unspecified atom stereocenters. The van der Waals surface area contributed by atoms with Crippen LogP contribution in [-0.2, 0) is 4.57 Å². The van der Waals surface area contributed by atoms with Crippen LogP contribution < -0.4 is 0 Å². The van der Waals surface area contributed by atoms with E-state index in [0.717, 1.165) is 0 Å². The molecule has 0 amide bonds. The Morgan fingerprint density at radius 2 is 2.33 bits per heavy atom. The van der Waals surface area contributed by atoms with E-state index in [2.05, 4.69) is 0 Å². The Balaban J connectivity index is 3.30. The molecular formula is C3H7O2P. The molecule has 0 aromatic rings. The lowest BCUT2D eigenvalue weighted by molar-refractivity contribution is 0.512. The van der Waals surface area contributed by atoms with Crippen molar-refractivity contribution in [1.82, 2.24) is 0 Å². The molecule has 0 rings (SSSR count). The predicted octanol–water partition coefficient (Wildman–Crippen LogP) is 0.987. The number of hydrogen-bond donors (Lipinski definition) is 1. The first kappa shape index (κ1) is 5.93. The van der Waals surface area contributed by atoms with Gasteiger partial charge in [-0.2, -0.15) is 0 Å². The summed E-state index contributed by atoms with van der Waals surface area (Å²) in [6.45, 7) is 1.71. The quantitative estimate of drug-likeness (QED) is 0.506. The van der Waals surface area contributed by atoms with Gasteiger partial charge in [0.2, 0.25) is 8.03 Å². The molecule has 0 bridgehead atoms. The summed E-state index contributed by atoms with van der Waals surface area (Å²) >= 11 is 0. The zero-order chi connectivity index (χ0) is 4.99. The topological polar surface area (TPSA) is 37.3 Å². The maximum Gasteiger partial charge on any atom is 0.210 e. The molecule has 0 heterocycles. The minimum Gasteiger partial charge on any atom is -0.344 e. The monoisotopic (exact) mass is 106 g/mol. The van der Waals surface area contributed by atoms with Gasteiger partial charge < -0.3 is 4.89 Å². The van der Waals surface area contributed by atoms with Crippen LogP contribution in [0, 0.1) is 0 Å². The molecule has 1 N–H and O–H groups in total. The van der Waals surface area contributed by atoms with Crippen LogP contribution in [0.4, 0.5) is 0 Å². The number of hydrogen-bond acceptors (Lipinski definition) is 1. The van der Waals surface area contributed by atoms with Crippen LogP contribution in [0.3, 0.4) is 0 Å². The van der Waals surface area contributed by atoms with Crippen molar-refractivity contribution in [2.24, 2.45) is 0 Å². The second kappa shape index (κ2) is 3.13. The van der Waals surface area contributed by atoms with Crippen molar-refractivity contribution in [3.8, 4) is 0 Å². The van der Waals surface area contributed by atoms with E-state index in [1.165, 1.54) is 5.82 Å². The van der Waals surface area contributed by atoms with Crippen molar-refractivity contribution in [2.75, 3.05) is 0 Å². The van der Waals surface area contributed by atoms with E-state index in [-0.39, 0.29) is 0 Å². The molecule has 0 fully saturated rings. The van der Waals surface area contributed by atoms with E-state index in [1.807, 2.05) is 0 Å². The summed E-state index contributed by atoms with van der Waals surface area (Å²) in [7, 11) is -2.32. The Kier molecular flexibility index (Phi) is 3.10. The Morgan fingerprint density at radius 1 is 1.83 bits per heavy atom. The van der Waals surface area contributed by atoms with E-state index >= 15 is 0 Å². The maximum atomic E-state index is 9.70. The van der Waals surface area contributed by atoms with Gasteiger partial charge in [-0.25, -0.2) is 0 Å². The second-order valence-corrected chi connectivity index (χ2v) is 1.85. The van der Waals surface area contributed by atoms with E-state index in [4.69, 9.17) is 4.89 Å². The third-order valence-electron chi connectivity index (χ3n) is 0.309. The van der Waals surface area contributed by atoms with E-state index < -0.39 is 8.03 Å². The molecule has 0 aromatic heterocycles. The number of allylic oxidation sites excluding steroid dienone is 1. The summed E-state index contributed by atoms with van der Waals surface area (Å²) < 4.78 is 9.70. The summed E-state index contributed by atoms with van der Waals surface area (Å²) in [5.41, 5.74) is 0. The molecule has 0 aliphatic carbocycles. The lowest BCUT2D eigenvalue weighted by Gasteiger charge is -1.70. The Morgan fingerprint density at radius 3 is 2.33 bits per heavy atom. The summed E-state index contributed by atoms with van der Waals surface area (Å²) in [5.74, 6) is 1.27. The summed E-state index contributed by atoms with van der Waals surface area (Å²) in [6.07, 6.45) is 1.56. The summed E-state index contributed by atoms with van der Waals surface area (Å²) in [5, 5.41) is 0. The maximum absolute atomic E-state index is 9.70. The van der Waals surface area contributed by atoms with Gasteiger partial charge in [0.05, 0.1) is 0 Å². The van der Waals surface area contributed by atoms with Crippen molar-refractivity contribution in [3.05, 3.63) is 11.9 Å². The molecule has 36 valence electrons. The molecule has 0 aliphatic rings. The van der Waals surface area contributed by atoms with Crippen LogP contribution in [0.15, 0.2) is 11.9 Å². The summed E-state index contributed by atoms with van der Waals surface area (Å²) in [4.78, 5) is 8.01. The SMILES string of the molecule is C/C=C/[PH](=O)O. The highest BCUT2D eigenvalue weighted by Gasteiger charge is 1.71. The molecule has 6 heavy (non-hydrogen) atoms. The van der Waals surface area contributed by atoms with Crippen molar-refractivity contribution in [1.29, 1.82) is 0 Å². The van der Waals surface area contributed by atoms with Crippen molar-refractivity contribution >= 4 is 8.03 Å². The van der Waals surface area contributed by atoms with Gasteiger partial charge in [-0.05, 0) is 12.7 Å². The molecular weight excluding hydrogens is 99.0 g/mol. The van der Waals surface area contributed by atoms with Gasteiger partial charge in [-0.3, -0.25) is 4.57 Å². The van der Waals surface area contributed by atoms with Crippen molar-refractivity contribution in [2.45, 2.75) is 6.92 Å². The van der Waals surface area contributed by atoms with Gasteiger partial charge >= 0.3 is 0 Å². The van der Waals surface area contributed by atoms with Gasteiger partial charge in [0, 0.05) is 0 Å². The number of rotatable bonds is 1. The molecule has 2 nitrogen and oxygen atoms in total. The van der Waals surface area contributed by atoms with Gasteiger partial charge in [0.25, 0.3) is 0 Å². The Labute approximate surface area is 37.4 Å². The molecule has 0 spiro atoms. The van der Waals surface area contributed by atoms with Crippen LogP contribution >= 0.6 is 8.03 Å². The Hall–Kier alpha value is -0.0700. The van der Waals surface area contributed by atoms with Gasteiger partial charge in [0.1, 0.15) is 0 Å². The normalized spacial score (nSPS) is 15.7. The summed E-state index contributed by atoms with van der Waals surface area (Å²) in [6, 6.07) is 0. The fraction of sp³-hybridized carbons (Fsp3) is 0.333. The highest BCUT2D eigenvalue weighted by molar-refractivity contribution is 7.41.